The number of anilines is 1. The number of nitrogens with zero attached hydrogens (tertiary/aromatic N) is 2. The van der Waals surface area contributed by atoms with Crippen LogP contribution in [-0.4, -0.2) is 9.55 Å². The van der Waals surface area contributed by atoms with Crippen molar-refractivity contribution in [2.24, 2.45) is 0 Å². The van der Waals surface area contributed by atoms with Gasteiger partial charge in [0.05, 0.1) is 16.6 Å². The summed E-state index contributed by atoms with van der Waals surface area (Å²) < 4.78 is 1.68. The van der Waals surface area contributed by atoms with Crippen LogP contribution in [0, 0.1) is 0 Å². The molecular formula is C26H19N3O. The quantitative estimate of drug-likeness (QED) is 0.426. The van der Waals surface area contributed by atoms with Crippen LogP contribution in [-0.2, 0) is 0 Å². The van der Waals surface area contributed by atoms with E-state index in [1.807, 2.05) is 103 Å². The topological polar surface area (TPSA) is 60.9 Å². The molecule has 0 bridgehead atoms. The third-order valence-corrected chi connectivity index (χ3v) is 5.18. The molecule has 0 fully saturated rings. The first-order valence-corrected chi connectivity index (χ1v) is 9.74. The monoisotopic (exact) mass is 389 g/mol. The Kier molecular flexibility index (Phi) is 4.37. The van der Waals surface area contributed by atoms with E-state index in [1.54, 1.807) is 4.57 Å². The van der Waals surface area contributed by atoms with Crippen LogP contribution in [0.15, 0.2) is 108 Å². The molecule has 30 heavy (non-hydrogen) atoms. The zero-order valence-electron chi connectivity index (χ0n) is 16.2. The van der Waals surface area contributed by atoms with Gasteiger partial charge in [-0.3, -0.25) is 9.36 Å². The number of nitrogens with two attached hydrogens (primary N) is 1. The maximum atomic E-state index is 13.4. The first-order chi connectivity index (χ1) is 14.7. The van der Waals surface area contributed by atoms with Crippen molar-refractivity contribution in [2.75, 3.05) is 5.73 Å². The standard InChI is InChI=1S/C26H19N3O/c27-21-14-10-18(11-15-21)19-12-16-22(17-13-19)29-25(20-6-2-1-3-7-20)28-24-9-5-4-8-23(24)26(29)30/h1-17H,27H2. The summed E-state index contributed by atoms with van der Waals surface area (Å²) >= 11 is 0. The van der Waals surface area contributed by atoms with Crippen LogP contribution in [0.1, 0.15) is 0 Å². The molecule has 0 atom stereocenters. The summed E-state index contributed by atoms with van der Waals surface area (Å²) in [6.07, 6.45) is 0. The SMILES string of the molecule is Nc1ccc(-c2ccc(-n3c(-c4ccccc4)nc4ccccc4c3=O)cc2)cc1. The molecule has 0 saturated carbocycles. The van der Waals surface area contributed by atoms with E-state index in [-0.39, 0.29) is 5.56 Å². The number of hydrogen-bond donors (Lipinski definition) is 1. The molecule has 0 radical (unpaired) electrons. The van der Waals surface area contributed by atoms with E-state index in [4.69, 9.17) is 10.7 Å². The normalized spacial score (nSPS) is 10.9. The minimum Gasteiger partial charge on any atom is -0.399 e. The number of aromatic nitrogens is 2. The minimum atomic E-state index is -0.0836. The first-order valence-electron chi connectivity index (χ1n) is 9.74. The van der Waals surface area contributed by atoms with Crippen LogP contribution in [0.3, 0.4) is 0 Å². The van der Waals surface area contributed by atoms with Crippen molar-refractivity contribution in [2.45, 2.75) is 0 Å². The summed E-state index contributed by atoms with van der Waals surface area (Å²) in [5, 5.41) is 0.597. The van der Waals surface area contributed by atoms with E-state index < -0.39 is 0 Å². The minimum absolute atomic E-state index is 0.0836. The Morgan fingerprint density at radius 2 is 1.23 bits per heavy atom. The van der Waals surface area contributed by atoms with Crippen molar-refractivity contribution >= 4 is 16.6 Å². The Morgan fingerprint density at radius 1 is 0.633 bits per heavy atom. The van der Waals surface area contributed by atoms with Gasteiger partial charge in [-0.2, -0.15) is 0 Å². The van der Waals surface area contributed by atoms with E-state index in [0.717, 1.165) is 28.1 Å². The second-order valence-corrected chi connectivity index (χ2v) is 7.13. The fourth-order valence-corrected chi connectivity index (χ4v) is 3.63. The number of benzene rings is 4. The maximum absolute atomic E-state index is 13.4. The molecule has 4 aromatic carbocycles. The summed E-state index contributed by atoms with van der Waals surface area (Å²) in [6.45, 7) is 0. The molecule has 5 aromatic rings. The molecule has 1 heterocycles. The zero-order chi connectivity index (χ0) is 20.5. The molecule has 2 N–H and O–H groups in total. The summed E-state index contributed by atoms with van der Waals surface area (Å²) in [7, 11) is 0. The predicted molar refractivity (Wildman–Crippen MR) is 123 cm³/mol. The number of hydrogen-bond acceptors (Lipinski definition) is 3. The molecule has 0 unspecified atom stereocenters. The highest BCUT2D eigenvalue weighted by Crippen LogP contribution is 2.25. The van der Waals surface area contributed by atoms with E-state index in [0.29, 0.717) is 16.7 Å². The second kappa shape index (κ2) is 7.33. The number of nitrogen functional groups attached to an aromatic ring is 1. The number of fused-ring (bicyclic) bond motifs is 1. The Hall–Kier alpha value is -4.18. The van der Waals surface area contributed by atoms with Crippen molar-refractivity contribution in [3.63, 3.8) is 0 Å². The summed E-state index contributed by atoms with van der Waals surface area (Å²) in [5.74, 6) is 0.625. The molecule has 0 aliphatic rings. The third kappa shape index (κ3) is 3.14. The van der Waals surface area contributed by atoms with E-state index >= 15 is 0 Å². The third-order valence-electron chi connectivity index (χ3n) is 5.18. The second-order valence-electron chi connectivity index (χ2n) is 7.13. The molecule has 4 nitrogen and oxygen atoms in total. The highest BCUT2D eigenvalue weighted by atomic mass is 16.1. The molecular weight excluding hydrogens is 370 g/mol. The first kappa shape index (κ1) is 17.9. The fourth-order valence-electron chi connectivity index (χ4n) is 3.63. The summed E-state index contributed by atoms with van der Waals surface area (Å²) in [6, 6.07) is 32.9. The van der Waals surface area contributed by atoms with Gasteiger partial charge < -0.3 is 5.73 Å². The fraction of sp³-hybridized carbons (Fsp3) is 0. The van der Waals surface area contributed by atoms with Gasteiger partial charge in [-0.05, 0) is 47.5 Å². The van der Waals surface area contributed by atoms with Gasteiger partial charge in [0.2, 0.25) is 0 Å². The van der Waals surface area contributed by atoms with Gasteiger partial charge in [-0.15, -0.1) is 0 Å². The van der Waals surface area contributed by atoms with Gasteiger partial charge in [0, 0.05) is 11.3 Å². The average molecular weight is 389 g/mol. The van der Waals surface area contributed by atoms with E-state index in [9.17, 15) is 4.79 Å². The summed E-state index contributed by atoms with van der Waals surface area (Å²) in [5.41, 5.74) is 10.9. The Labute approximate surface area is 173 Å². The average Bonchev–Trinajstić information content (AvgIpc) is 2.80. The molecule has 5 rings (SSSR count). The highest BCUT2D eigenvalue weighted by Gasteiger charge is 2.14. The predicted octanol–water partition coefficient (Wildman–Crippen LogP) is 5.30. The van der Waals surface area contributed by atoms with Crippen LogP contribution < -0.4 is 11.3 Å². The van der Waals surface area contributed by atoms with Crippen LogP contribution >= 0.6 is 0 Å². The van der Waals surface area contributed by atoms with Gasteiger partial charge in [-0.25, -0.2) is 4.98 Å². The Balaban J connectivity index is 1.70. The Morgan fingerprint density at radius 3 is 1.93 bits per heavy atom. The van der Waals surface area contributed by atoms with Crippen molar-refractivity contribution in [1.82, 2.24) is 9.55 Å². The maximum Gasteiger partial charge on any atom is 0.266 e. The van der Waals surface area contributed by atoms with Crippen LogP contribution in [0.25, 0.3) is 39.1 Å². The van der Waals surface area contributed by atoms with Crippen LogP contribution in [0.4, 0.5) is 5.69 Å². The van der Waals surface area contributed by atoms with Crippen molar-refractivity contribution in [1.29, 1.82) is 0 Å². The Bertz CT molecular complexity index is 1390. The van der Waals surface area contributed by atoms with Crippen molar-refractivity contribution in [3.8, 4) is 28.2 Å². The lowest BCUT2D eigenvalue weighted by Crippen LogP contribution is -2.21. The molecule has 4 heteroatoms. The molecule has 0 saturated heterocycles. The van der Waals surface area contributed by atoms with Gasteiger partial charge in [0.25, 0.3) is 5.56 Å². The summed E-state index contributed by atoms with van der Waals surface area (Å²) in [4.78, 5) is 18.2. The van der Waals surface area contributed by atoms with Crippen molar-refractivity contribution < 1.29 is 0 Å². The van der Waals surface area contributed by atoms with E-state index in [2.05, 4.69) is 0 Å². The van der Waals surface area contributed by atoms with Crippen LogP contribution in [0.5, 0.6) is 0 Å². The van der Waals surface area contributed by atoms with Gasteiger partial charge in [0.1, 0.15) is 5.82 Å². The molecule has 0 spiro atoms. The number of rotatable bonds is 3. The van der Waals surface area contributed by atoms with Crippen molar-refractivity contribution in [3.05, 3.63) is 113 Å². The zero-order valence-corrected chi connectivity index (χ0v) is 16.2. The van der Waals surface area contributed by atoms with Gasteiger partial charge >= 0.3 is 0 Å². The molecule has 0 aliphatic heterocycles. The lowest BCUT2D eigenvalue weighted by molar-refractivity contribution is 0.976. The lowest BCUT2D eigenvalue weighted by atomic mass is 10.0. The lowest BCUT2D eigenvalue weighted by Gasteiger charge is -2.14. The molecule has 0 amide bonds. The van der Waals surface area contributed by atoms with Gasteiger partial charge in [-0.1, -0.05) is 66.7 Å². The molecule has 0 aliphatic carbocycles. The van der Waals surface area contributed by atoms with Crippen LogP contribution in [0.2, 0.25) is 0 Å². The molecule has 1 aromatic heterocycles. The van der Waals surface area contributed by atoms with Gasteiger partial charge in [0.15, 0.2) is 0 Å². The molecule has 144 valence electrons. The largest absolute Gasteiger partial charge is 0.399 e. The van der Waals surface area contributed by atoms with E-state index in [1.165, 1.54) is 0 Å². The smallest absolute Gasteiger partial charge is 0.266 e. The number of para-hydroxylation sites is 1. The highest BCUT2D eigenvalue weighted by molar-refractivity contribution is 5.80.